The van der Waals surface area contributed by atoms with E-state index in [0.29, 0.717) is 44.8 Å². The lowest BCUT2D eigenvalue weighted by Gasteiger charge is -2.41. The number of anilines is 1. The lowest BCUT2D eigenvalue weighted by molar-refractivity contribution is -0.139. The van der Waals surface area contributed by atoms with Crippen molar-refractivity contribution in [1.82, 2.24) is 10.2 Å². The zero-order chi connectivity index (χ0) is 26.1. The van der Waals surface area contributed by atoms with Crippen LogP contribution in [0.25, 0.3) is 0 Å². The minimum absolute atomic E-state index is 0.0514. The van der Waals surface area contributed by atoms with Crippen LogP contribution in [0.5, 0.6) is 0 Å². The number of rotatable bonds is 7. The second-order valence-corrected chi connectivity index (χ2v) is 13.6. The van der Waals surface area contributed by atoms with E-state index in [9.17, 15) is 18.0 Å². The van der Waals surface area contributed by atoms with Crippen molar-refractivity contribution in [3.8, 4) is 0 Å². The molecule has 0 aromatic heterocycles. The molecule has 3 N–H and O–H groups in total. The van der Waals surface area contributed by atoms with Gasteiger partial charge >= 0.3 is 0 Å². The highest BCUT2D eigenvalue weighted by atomic mass is 32.2. The van der Waals surface area contributed by atoms with Gasteiger partial charge < -0.3 is 16.0 Å². The van der Waals surface area contributed by atoms with Crippen molar-refractivity contribution in [2.45, 2.75) is 88.6 Å². The molecule has 3 aliphatic rings. The van der Waals surface area contributed by atoms with Crippen molar-refractivity contribution >= 4 is 27.5 Å². The standard InChI is InChI=1S/C27H42N4O4S/c1-26(2,28)25(33)29-22(14-13-20-9-5-4-6-10-20)24(32)30-17-15-27(16-18-30)19-31(36(3,34)35)23-12-8-7-11-21(23)27/h7-8,11-12,20,22H,4-6,9-10,13-19,28H2,1-3H3,(H,29,33). The van der Waals surface area contributed by atoms with Crippen LogP contribution in [0.2, 0.25) is 0 Å². The summed E-state index contributed by atoms with van der Waals surface area (Å²) in [5.74, 6) is 0.245. The number of carbonyl (C=O) groups excluding carboxylic acids is 2. The first-order chi connectivity index (χ1) is 16.9. The number of hydrogen-bond acceptors (Lipinski definition) is 5. The predicted octanol–water partition coefficient (Wildman–Crippen LogP) is 2.91. The van der Waals surface area contributed by atoms with E-state index in [-0.39, 0.29) is 17.2 Å². The van der Waals surface area contributed by atoms with E-state index < -0.39 is 21.6 Å². The molecule has 2 amide bonds. The van der Waals surface area contributed by atoms with Crippen LogP contribution in [0.3, 0.4) is 0 Å². The van der Waals surface area contributed by atoms with Gasteiger partial charge in [-0.25, -0.2) is 8.42 Å². The Morgan fingerprint density at radius 3 is 2.39 bits per heavy atom. The smallest absolute Gasteiger partial charge is 0.245 e. The van der Waals surface area contributed by atoms with Crippen molar-refractivity contribution in [1.29, 1.82) is 0 Å². The predicted molar refractivity (Wildman–Crippen MR) is 142 cm³/mol. The van der Waals surface area contributed by atoms with Gasteiger partial charge in [-0.2, -0.15) is 0 Å². The number of nitrogens with two attached hydrogens (primary N) is 1. The van der Waals surface area contributed by atoms with E-state index in [0.717, 1.165) is 17.7 Å². The highest BCUT2D eigenvalue weighted by Crippen LogP contribution is 2.47. The maximum atomic E-state index is 13.7. The maximum Gasteiger partial charge on any atom is 0.245 e. The van der Waals surface area contributed by atoms with E-state index in [1.54, 1.807) is 13.8 Å². The number of piperidine rings is 1. The van der Waals surface area contributed by atoms with Crippen molar-refractivity contribution in [3.05, 3.63) is 29.8 Å². The molecule has 0 bridgehead atoms. The van der Waals surface area contributed by atoms with Crippen LogP contribution in [0.15, 0.2) is 24.3 Å². The number of carbonyl (C=O) groups is 2. The van der Waals surface area contributed by atoms with E-state index in [2.05, 4.69) is 5.32 Å². The third-order valence-electron chi connectivity index (χ3n) is 8.40. The maximum absolute atomic E-state index is 13.7. The number of amides is 2. The molecule has 1 spiro atoms. The molecule has 1 saturated heterocycles. The molecular formula is C27H42N4O4S. The fourth-order valence-electron chi connectivity index (χ4n) is 6.16. The molecule has 0 radical (unpaired) electrons. The number of para-hydroxylation sites is 1. The SMILES string of the molecule is CC(C)(N)C(=O)NC(CCC1CCCCC1)C(=O)N1CCC2(CC1)CN(S(C)(=O)=O)c1ccccc12. The van der Waals surface area contributed by atoms with Gasteiger partial charge in [0.2, 0.25) is 21.8 Å². The van der Waals surface area contributed by atoms with Gasteiger partial charge in [-0.05, 0) is 57.1 Å². The Labute approximate surface area is 216 Å². The van der Waals surface area contributed by atoms with Crippen LogP contribution < -0.4 is 15.4 Å². The second kappa shape index (κ2) is 10.3. The number of fused-ring (bicyclic) bond motifs is 2. The van der Waals surface area contributed by atoms with Gasteiger partial charge in [0.1, 0.15) is 6.04 Å². The van der Waals surface area contributed by atoms with E-state index >= 15 is 0 Å². The first-order valence-electron chi connectivity index (χ1n) is 13.4. The van der Waals surface area contributed by atoms with Crippen molar-refractivity contribution in [2.75, 3.05) is 30.2 Å². The number of hydrogen-bond donors (Lipinski definition) is 2. The number of benzene rings is 1. The van der Waals surface area contributed by atoms with Gasteiger partial charge in [-0.1, -0.05) is 50.3 Å². The third-order valence-corrected chi connectivity index (χ3v) is 9.53. The normalized spacial score (nSPS) is 21.3. The summed E-state index contributed by atoms with van der Waals surface area (Å²) in [6, 6.07) is 7.13. The molecule has 36 heavy (non-hydrogen) atoms. The Morgan fingerprint density at radius 1 is 1.14 bits per heavy atom. The van der Waals surface area contributed by atoms with Crippen LogP contribution in [0.4, 0.5) is 5.69 Å². The Morgan fingerprint density at radius 2 is 1.78 bits per heavy atom. The van der Waals surface area contributed by atoms with Gasteiger partial charge in [-0.3, -0.25) is 13.9 Å². The number of sulfonamides is 1. The summed E-state index contributed by atoms with van der Waals surface area (Å²) in [7, 11) is -3.39. The number of nitrogens with one attached hydrogen (secondary N) is 1. The molecule has 200 valence electrons. The van der Waals surface area contributed by atoms with Crippen molar-refractivity contribution in [2.24, 2.45) is 11.7 Å². The summed E-state index contributed by atoms with van der Waals surface area (Å²) in [4.78, 5) is 28.2. The molecule has 4 rings (SSSR count). The van der Waals surface area contributed by atoms with Gasteiger partial charge in [0, 0.05) is 25.0 Å². The van der Waals surface area contributed by atoms with Gasteiger partial charge in [-0.15, -0.1) is 0 Å². The number of likely N-dealkylation sites (tertiary alicyclic amines) is 1. The molecule has 1 aliphatic carbocycles. The van der Waals surface area contributed by atoms with E-state index in [1.807, 2.05) is 29.2 Å². The molecule has 1 saturated carbocycles. The molecule has 2 heterocycles. The van der Waals surface area contributed by atoms with Crippen LogP contribution in [0.1, 0.15) is 77.2 Å². The second-order valence-electron chi connectivity index (χ2n) is 11.7. The average Bonchev–Trinajstić information content (AvgIpc) is 3.16. The first kappa shape index (κ1) is 26.9. The quantitative estimate of drug-likeness (QED) is 0.576. The Kier molecular flexibility index (Phi) is 7.72. The zero-order valence-electron chi connectivity index (χ0n) is 22.0. The summed E-state index contributed by atoms with van der Waals surface area (Å²) in [5, 5.41) is 2.95. The minimum Gasteiger partial charge on any atom is -0.343 e. The van der Waals surface area contributed by atoms with Crippen LogP contribution in [-0.4, -0.2) is 62.6 Å². The molecular weight excluding hydrogens is 476 g/mol. The molecule has 1 aromatic rings. The van der Waals surface area contributed by atoms with Crippen LogP contribution in [-0.2, 0) is 25.0 Å². The molecule has 1 atom stereocenters. The van der Waals surface area contributed by atoms with E-state index in [4.69, 9.17) is 5.73 Å². The topological polar surface area (TPSA) is 113 Å². The Bertz CT molecular complexity index is 1070. The van der Waals surface area contributed by atoms with Gasteiger partial charge in [0.05, 0.1) is 17.5 Å². The molecule has 9 heteroatoms. The molecule has 1 aromatic carbocycles. The lowest BCUT2D eigenvalue weighted by atomic mass is 9.74. The molecule has 2 fully saturated rings. The lowest BCUT2D eigenvalue weighted by Crippen LogP contribution is -2.58. The zero-order valence-corrected chi connectivity index (χ0v) is 22.8. The monoisotopic (exact) mass is 518 g/mol. The van der Waals surface area contributed by atoms with Crippen molar-refractivity contribution in [3.63, 3.8) is 0 Å². The Hall–Kier alpha value is -2.13. The summed E-state index contributed by atoms with van der Waals surface area (Å²) in [5.41, 5.74) is 6.48. The molecule has 1 unspecified atom stereocenters. The van der Waals surface area contributed by atoms with Crippen molar-refractivity contribution < 1.29 is 18.0 Å². The molecule has 8 nitrogen and oxygen atoms in total. The fraction of sp³-hybridized carbons (Fsp3) is 0.704. The first-order valence-corrected chi connectivity index (χ1v) is 15.2. The average molecular weight is 519 g/mol. The van der Waals surface area contributed by atoms with Gasteiger partial charge in [0.15, 0.2) is 0 Å². The summed E-state index contributed by atoms with van der Waals surface area (Å²) in [6.07, 6.45) is 10.3. The summed E-state index contributed by atoms with van der Waals surface area (Å²) >= 11 is 0. The van der Waals surface area contributed by atoms with Crippen LogP contribution in [0, 0.1) is 5.92 Å². The summed E-state index contributed by atoms with van der Waals surface area (Å²) in [6.45, 7) is 4.79. The third kappa shape index (κ3) is 5.72. The Balaban J connectivity index is 1.46. The highest BCUT2D eigenvalue weighted by Gasteiger charge is 2.48. The van der Waals surface area contributed by atoms with Crippen LogP contribution >= 0.6 is 0 Å². The largest absolute Gasteiger partial charge is 0.343 e. The fourth-order valence-corrected chi connectivity index (χ4v) is 7.16. The van der Waals surface area contributed by atoms with E-state index in [1.165, 1.54) is 42.7 Å². The summed E-state index contributed by atoms with van der Waals surface area (Å²) < 4.78 is 26.5. The van der Waals surface area contributed by atoms with Gasteiger partial charge in [0.25, 0.3) is 0 Å². The minimum atomic E-state index is -3.39. The highest BCUT2D eigenvalue weighted by molar-refractivity contribution is 7.92. The molecule has 2 aliphatic heterocycles. The number of nitrogens with zero attached hydrogens (tertiary/aromatic N) is 2.